The van der Waals surface area contributed by atoms with Crippen molar-refractivity contribution < 1.29 is 4.79 Å². The molecule has 1 unspecified atom stereocenters. The van der Waals surface area contributed by atoms with Crippen LogP contribution in [0.5, 0.6) is 0 Å². The molecule has 154 valence electrons. The van der Waals surface area contributed by atoms with Gasteiger partial charge in [0, 0.05) is 39.0 Å². The first-order chi connectivity index (χ1) is 14.0. The Kier molecular flexibility index (Phi) is 5.75. The fourth-order valence-corrected chi connectivity index (χ4v) is 5.06. The number of hydrogen-bond donors (Lipinski definition) is 0. The minimum absolute atomic E-state index is 0.282. The largest absolute Gasteiger partial charge is 0.340 e. The molecule has 2 aliphatic rings. The second-order valence-corrected chi connectivity index (χ2v) is 8.93. The van der Waals surface area contributed by atoms with Gasteiger partial charge in [-0.1, -0.05) is 54.6 Å². The zero-order chi connectivity index (χ0) is 20.4. The molecule has 4 nitrogen and oxygen atoms in total. The highest BCUT2D eigenvalue weighted by Crippen LogP contribution is 2.36. The van der Waals surface area contributed by atoms with Crippen LogP contribution in [-0.4, -0.2) is 73.0 Å². The smallest absolute Gasteiger partial charge is 0.243 e. The van der Waals surface area contributed by atoms with Gasteiger partial charge in [-0.3, -0.25) is 9.69 Å². The van der Waals surface area contributed by atoms with Gasteiger partial charge in [0.25, 0.3) is 0 Å². The fourth-order valence-electron chi connectivity index (χ4n) is 5.06. The molecule has 0 bridgehead atoms. The number of carbonyl (C=O) groups excluding carboxylic acids is 1. The highest BCUT2D eigenvalue weighted by Gasteiger charge is 2.49. The van der Waals surface area contributed by atoms with Gasteiger partial charge < -0.3 is 9.80 Å². The Hall–Kier alpha value is -2.17. The topological polar surface area (TPSA) is 26.8 Å². The third-order valence-corrected chi connectivity index (χ3v) is 7.03. The van der Waals surface area contributed by atoms with Crippen LogP contribution in [0.2, 0.25) is 0 Å². The number of likely N-dealkylation sites (tertiary alicyclic amines) is 1. The predicted molar refractivity (Wildman–Crippen MR) is 118 cm³/mol. The van der Waals surface area contributed by atoms with Gasteiger partial charge in [-0.2, -0.15) is 0 Å². The summed E-state index contributed by atoms with van der Waals surface area (Å²) in [6, 6.07) is 19.5. The average Bonchev–Trinajstić information content (AvgIpc) is 3.36. The molecule has 0 aromatic heterocycles. The zero-order valence-corrected chi connectivity index (χ0v) is 18.0. The third-order valence-electron chi connectivity index (χ3n) is 7.03. The van der Waals surface area contributed by atoms with Crippen LogP contribution in [0.3, 0.4) is 0 Å². The molecule has 4 rings (SSSR count). The molecular weight excluding hydrogens is 358 g/mol. The summed E-state index contributed by atoms with van der Waals surface area (Å²) in [6.45, 7) is 2.92. The van der Waals surface area contributed by atoms with E-state index >= 15 is 0 Å². The second kappa shape index (κ2) is 8.29. The van der Waals surface area contributed by atoms with Gasteiger partial charge in [0.2, 0.25) is 5.91 Å². The second-order valence-electron chi connectivity index (χ2n) is 8.93. The van der Waals surface area contributed by atoms with Crippen LogP contribution in [0.25, 0.3) is 0 Å². The van der Waals surface area contributed by atoms with Crippen molar-refractivity contribution in [2.24, 2.45) is 0 Å². The molecule has 29 heavy (non-hydrogen) atoms. The van der Waals surface area contributed by atoms with Gasteiger partial charge in [0.1, 0.15) is 5.54 Å². The van der Waals surface area contributed by atoms with E-state index in [9.17, 15) is 4.79 Å². The van der Waals surface area contributed by atoms with Gasteiger partial charge in [0.05, 0.1) is 0 Å². The lowest BCUT2D eigenvalue weighted by Crippen LogP contribution is -2.60. The monoisotopic (exact) mass is 391 g/mol. The van der Waals surface area contributed by atoms with Gasteiger partial charge in [-0.05, 0) is 50.2 Å². The van der Waals surface area contributed by atoms with Crippen LogP contribution < -0.4 is 0 Å². The van der Waals surface area contributed by atoms with E-state index in [1.54, 1.807) is 0 Å². The SMILES string of the molecule is CN1CCC(N(C)C(=O)C2(N(C)CCc3ccccc3)Cc3ccccc3C2)C1. The molecule has 2 aromatic carbocycles. The molecule has 1 aliphatic heterocycles. The molecule has 0 spiro atoms. The quantitative estimate of drug-likeness (QED) is 0.758. The maximum Gasteiger partial charge on any atom is 0.243 e. The van der Waals surface area contributed by atoms with Crippen molar-refractivity contribution in [1.29, 1.82) is 0 Å². The maximum atomic E-state index is 13.9. The summed E-state index contributed by atoms with van der Waals surface area (Å²) in [5.74, 6) is 0.282. The number of likely N-dealkylation sites (N-methyl/N-ethyl adjacent to an activating group) is 3. The number of carbonyl (C=O) groups is 1. The van der Waals surface area contributed by atoms with Crippen molar-refractivity contribution in [2.45, 2.75) is 37.3 Å². The van der Waals surface area contributed by atoms with E-state index in [4.69, 9.17) is 0 Å². The van der Waals surface area contributed by atoms with Crippen molar-refractivity contribution in [1.82, 2.24) is 14.7 Å². The molecular formula is C25H33N3O. The molecule has 0 saturated carbocycles. The van der Waals surface area contributed by atoms with Crippen LogP contribution in [0.15, 0.2) is 54.6 Å². The Morgan fingerprint density at radius 2 is 1.66 bits per heavy atom. The van der Waals surface area contributed by atoms with Crippen molar-refractivity contribution >= 4 is 5.91 Å². The van der Waals surface area contributed by atoms with Gasteiger partial charge in [0.15, 0.2) is 0 Å². The zero-order valence-electron chi connectivity index (χ0n) is 18.0. The average molecular weight is 392 g/mol. The summed E-state index contributed by atoms with van der Waals surface area (Å²) in [4.78, 5) is 20.7. The first-order valence-corrected chi connectivity index (χ1v) is 10.8. The standard InChI is InChI=1S/C25H33N3O/c1-26-15-14-23(19-26)28(3)24(29)25(17-21-11-7-8-12-22(21)18-25)27(2)16-13-20-9-5-4-6-10-20/h4-12,23H,13-19H2,1-3H3. The van der Waals surface area contributed by atoms with E-state index in [-0.39, 0.29) is 5.91 Å². The maximum absolute atomic E-state index is 13.9. The van der Waals surface area contributed by atoms with E-state index in [0.29, 0.717) is 6.04 Å². The number of rotatable bonds is 6. The lowest BCUT2D eigenvalue weighted by Gasteiger charge is -2.41. The highest BCUT2D eigenvalue weighted by molar-refractivity contribution is 5.88. The van der Waals surface area contributed by atoms with E-state index in [0.717, 1.165) is 45.3 Å². The Morgan fingerprint density at radius 1 is 1.03 bits per heavy atom. The van der Waals surface area contributed by atoms with Crippen LogP contribution in [0, 0.1) is 0 Å². The number of hydrogen-bond acceptors (Lipinski definition) is 3. The van der Waals surface area contributed by atoms with Crippen molar-refractivity contribution in [3.05, 3.63) is 71.3 Å². The summed E-state index contributed by atoms with van der Waals surface area (Å²) >= 11 is 0. The van der Waals surface area contributed by atoms with Crippen molar-refractivity contribution in [3.8, 4) is 0 Å². The Labute approximate surface area is 175 Å². The molecule has 1 atom stereocenters. The van der Waals surface area contributed by atoms with E-state index < -0.39 is 5.54 Å². The molecule has 4 heteroatoms. The van der Waals surface area contributed by atoms with Gasteiger partial charge >= 0.3 is 0 Å². The molecule has 1 heterocycles. The summed E-state index contributed by atoms with van der Waals surface area (Å²) in [7, 11) is 6.30. The van der Waals surface area contributed by atoms with Crippen LogP contribution in [0.4, 0.5) is 0 Å². The van der Waals surface area contributed by atoms with Crippen LogP contribution in [-0.2, 0) is 24.1 Å². The summed E-state index contributed by atoms with van der Waals surface area (Å²) in [5, 5.41) is 0. The molecule has 0 radical (unpaired) electrons. The van der Waals surface area contributed by atoms with Crippen LogP contribution >= 0.6 is 0 Å². The lowest BCUT2D eigenvalue weighted by molar-refractivity contribution is -0.144. The Bertz CT molecular complexity index is 825. The fraction of sp³-hybridized carbons (Fsp3) is 0.480. The first-order valence-electron chi connectivity index (χ1n) is 10.8. The third kappa shape index (κ3) is 3.96. The number of fused-ring (bicyclic) bond motifs is 1. The number of benzene rings is 2. The molecule has 1 aliphatic carbocycles. The molecule has 1 saturated heterocycles. The van der Waals surface area contributed by atoms with Gasteiger partial charge in [-0.15, -0.1) is 0 Å². The van der Waals surface area contributed by atoms with E-state index in [1.165, 1.54) is 16.7 Å². The normalized spacial score (nSPS) is 20.8. The Balaban J connectivity index is 1.57. The van der Waals surface area contributed by atoms with Crippen LogP contribution in [0.1, 0.15) is 23.1 Å². The first kappa shape index (κ1) is 20.1. The highest BCUT2D eigenvalue weighted by atomic mass is 16.2. The lowest BCUT2D eigenvalue weighted by atomic mass is 9.90. The Morgan fingerprint density at radius 3 is 2.24 bits per heavy atom. The van der Waals surface area contributed by atoms with Crippen molar-refractivity contribution in [3.63, 3.8) is 0 Å². The van der Waals surface area contributed by atoms with Crippen molar-refractivity contribution in [2.75, 3.05) is 40.8 Å². The van der Waals surface area contributed by atoms with Gasteiger partial charge in [-0.25, -0.2) is 0 Å². The van der Waals surface area contributed by atoms with E-state index in [2.05, 4.69) is 78.5 Å². The summed E-state index contributed by atoms with van der Waals surface area (Å²) in [5.41, 5.74) is 3.49. The predicted octanol–water partition coefficient (Wildman–Crippen LogP) is 2.86. The minimum atomic E-state index is -0.478. The van der Waals surface area contributed by atoms with E-state index in [1.807, 2.05) is 11.9 Å². The molecule has 0 N–H and O–H groups in total. The summed E-state index contributed by atoms with van der Waals surface area (Å²) < 4.78 is 0. The molecule has 1 fully saturated rings. The molecule has 2 aromatic rings. The summed E-state index contributed by atoms with van der Waals surface area (Å²) in [6.07, 6.45) is 3.63. The minimum Gasteiger partial charge on any atom is -0.340 e. The molecule has 1 amide bonds. The number of amides is 1. The number of nitrogens with zero attached hydrogens (tertiary/aromatic N) is 3.